The Morgan fingerprint density at radius 2 is 1.77 bits per heavy atom. The molecule has 4 nitrogen and oxygen atoms in total. The van der Waals surface area contributed by atoms with Crippen molar-refractivity contribution in [1.29, 1.82) is 0 Å². The van der Waals surface area contributed by atoms with E-state index in [4.69, 9.17) is 16.3 Å². The summed E-state index contributed by atoms with van der Waals surface area (Å²) in [7, 11) is 1.44. The molecule has 22 heavy (non-hydrogen) atoms. The number of hydrogen-bond donors (Lipinski definition) is 0. The topological polar surface area (TPSA) is 46.6 Å². The number of hydrogen-bond acceptors (Lipinski definition) is 3. The van der Waals surface area contributed by atoms with E-state index in [2.05, 4.69) is 0 Å². The number of rotatable bonds is 3. The Labute approximate surface area is 132 Å². The van der Waals surface area contributed by atoms with Crippen molar-refractivity contribution in [3.05, 3.63) is 39.7 Å². The van der Waals surface area contributed by atoms with Gasteiger partial charge in [-0.3, -0.25) is 9.59 Å². The number of carbonyl (C=O) groups is 2. The fraction of sp³-hybridized carbons (Fsp3) is 0.375. The van der Waals surface area contributed by atoms with E-state index in [1.807, 2.05) is 0 Å². The molecule has 3 rings (SSSR count). The number of benzene rings is 1. The zero-order valence-corrected chi connectivity index (χ0v) is 12.9. The van der Waals surface area contributed by atoms with Crippen molar-refractivity contribution in [1.82, 2.24) is 0 Å². The molecule has 0 bridgehead atoms. The lowest BCUT2D eigenvalue weighted by atomic mass is 9.93. The van der Waals surface area contributed by atoms with Crippen LogP contribution in [0.15, 0.2) is 23.3 Å². The molecule has 0 saturated carbocycles. The smallest absolute Gasteiger partial charge is 0.261 e. The van der Waals surface area contributed by atoms with Crippen LogP contribution in [-0.4, -0.2) is 18.9 Å². The number of carbonyl (C=O) groups excluding carboxylic acids is 2. The predicted octanol–water partition coefficient (Wildman–Crippen LogP) is 3.37. The van der Waals surface area contributed by atoms with Crippen LogP contribution in [0.3, 0.4) is 0 Å². The molecule has 2 aliphatic rings. The zero-order chi connectivity index (χ0) is 15.9. The van der Waals surface area contributed by atoms with Crippen LogP contribution in [0.4, 0.5) is 10.1 Å². The molecule has 0 spiro atoms. The summed E-state index contributed by atoms with van der Waals surface area (Å²) in [6.45, 7) is 0.0410. The minimum absolute atomic E-state index is 0.0406. The van der Waals surface area contributed by atoms with E-state index in [9.17, 15) is 14.0 Å². The lowest BCUT2D eigenvalue weighted by Crippen LogP contribution is -2.32. The van der Waals surface area contributed by atoms with Gasteiger partial charge in [-0.1, -0.05) is 11.6 Å². The highest BCUT2D eigenvalue weighted by Crippen LogP contribution is 2.39. The van der Waals surface area contributed by atoms with Crippen molar-refractivity contribution < 1.29 is 18.7 Å². The van der Waals surface area contributed by atoms with E-state index in [1.165, 1.54) is 13.2 Å². The summed E-state index contributed by atoms with van der Waals surface area (Å²) < 4.78 is 18.8. The summed E-state index contributed by atoms with van der Waals surface area (Å²) in [5.74, 6) is -1.19. The van der Waals surface area contributed by atoms with Crippen molar-refractivity contribution in [3.8, 4) is 0 Å². The molecule has 0 atom stereocenters. The molecule has 0 saturated heterocycles. The number of nitrogens with zero attached hydrogens (tertiary/aromatic N) is 1. The van der Waals surface area contributed by atoms with Crippen LogP contribution in [0.25, 0.3) is 0 Å². The lowest BCUT2D eigenvalue weighted by Gasteiger charge is -2.18. The van der Waals surface area contributed by atoms with E-state index >= 15 is 0 Å². The molecule has 2 amide bonds. The Hall–Kier alpha value is -1.72. The van der Waals surface area contributed by atoms with Gasteiger partial charge in [0.1, 0.15) is 5.82 Å². The second-order valence-corrected chi connectivity index (χ2v) is 5.85. The van der Waals surface area contributed by atoms with Gasteiger partial charge in [-0.25, -0.2) is 9.29 Å². The van der Waals surface area contributed by atoms with Gasteiger partial charge in [0, 0.05) is 23.8 Å². The van der Waals surface area contributed by atoms with Crippen LogP contribution in [0.5, 0.6) is 0 Å². The fourth-order valence-corrected chi connectivity index (χ4v) is 3.21. The fourth-order valence-electron chi connectivity index (χ4n) is 2.98. The van der Waals surface area contributed by atoms with Crippen LogP contribution < -0.4 is 4.90 Å². The van der Waals surface area contributed by atoms with Crippen LogP contribution in [0, 0.1) is 5.82 Å². The molecule has 0 fully saturated rings. The number of imide groups is 1. The highest BCUT2D eigenvalue weighted by Gasteiger charge is 2.40. The molecule has 1 heterocycles. The zero-order valence-electron chi connectivity index (χ0n) is 12.1. The summed E-state index contributed by atoms with van der Waals surface area (Å²) in [6.07, 6.45) is 3.02. The van der Waals surface area contributed by atoms with Gasteiger partial charge in [-0.2, -0.15) is 0 Å². The quantitative estimate of drug-likeness (QED) is 0.801. The molecule has 6 heteroatoms. The Kier molecular flexibility index (Phi) is 4.02. The Morgan fingerprint density at radius 3 is 2.32 bits per heavy atom. The number of anilines is 1. The highest BCUT2D eigenvalue weighted by atomic mass is 35.5. The molecular weight excluding hydrogens is 309 g/mol. The lowest BCUT2D eigenvalue weighted by molar-refractivity contribution is -0.120. The average Bonchev–Trinajstić information content (AvgIpc) is 2.75. The van der Waals surface area contributed by atoms with Gasteiger partial charge in [0.05, 0.1) is 17.3 Å². The van der Waals surface area contributed by atoms with Crippen LogP contribution in [0.2, 0.25) is 5.02 Å². The predicted molar refractivity (Wildman–Crippen MR) is 80.1 cm³/mol. The van der Waals surface area contributed by atoms with E-state index in [-0.39, 0.29) is 34.7 Å². The second-order valence-electron chi connectivity index (χ2n) is 5.44. The second kappa shape index (κ2) is 5.82. The molecule has 1 aliphatic carbocycles. The minimum Gasteiger partial charge on any atom is -0.380 e. The Morgan fingerprint density at radius 1 is 1.18 bits per heavy atom. The summed E-state index contributed by atoms with van der Waals surface area (Å²) in [6, 6.07) is 2.53. The van der Waals surface area contributed by atoms with Gasteiger partial charge in [-0.05, 0) is 37.8 Å². The summed E-state index contributed by atoms with van der Waals surface area (Å²) in [5.41, 5.74) is 1.63. The molecule has 1 aromatic carbocycles. The van der Waals surface area contributed by atoms with E-state index in [0.29, 0.717) is 24.0 Å². The van der Waals surface area contributed by atoms with Crippen molar-refractivity contribution in [2.24, 2.45) is 0 Å². The normalized spacial score (nSPS) is 18.2. The van der Waals surface area contributed by atoms with Crippen LogP contribution >= 0.6 is 11.6 Å². The minimum atomic E-state index is -0.521. The third-order valence-electron chi connectivity index (χ3n) is 4.05. The van der Waals surface area contributed by atoms with Gasteiger partial charge in [0.25, 0.3) is 11.8 Å². The third-order valence-corrected chi connectivity index (χ3v) is 4.35. The van der Waals surface area contributed by atoms with Crippen molar-refractivity contribution in [3.63, 3.8) is 0 Å². The van der Waals surface area contributed by atoms with E-state index in [0.717, 1.165) is 23.8 Å². The van der Waals surface area contributed by atoms with Crippen LogP contribution in [0.1, 0.15) is 31.2 Å². The average molecular weight is 324 g/mol. The van der Waals surface area contributed by atoms with Gasteiger partial charge in [0.15, 0.2) is 0 Å². The Bertz CT molecular complexity index is 671. The number of amides is 2. The molecule has 0 aromatic heterocycles. The first-order valence-corrected chi connectivity index (χ1v) is 7.50. The molecule has 0 unspecified atom stereocenters. The first kappa shape index (κ1) is 15.2. The maximum Gasteiger partial charge on any atom is 0.261 e. The summed E-state index contributed by atoms with van der Waals surface area (Å²) in [4.78, 5) is 26.1. The number of ether oxygens (including phenoxy) is 1. The van der Waals surface area contributed by atoms with Gasteiger partial charge in [-0.15, -0.1) is 0 Å². The molecule has 0 N–H and O–H groups in total. The monoisotopic (exact) mass is 323 g/mol. The van der Waals surface area contributed by atoms with Crippen molar-refractivity contribution in [2.75, 3.05) is 12.0 Å². The summed E-state index contributed by atoms with van der Waals surface area (Å²) in [5, 5.41) is 0.0406. The van der Waals surface area contributed by atoms with Gasteiger partial charge < -0.3 is 4.74 Å². The molecule has 116 valence electrons. The van der Waals surface area contributed by atoms with Crippen molar-refractivity contribution in [2.45, 2.75) is 32.3 Å². The maximum absolute atomic E-state index is 13.8. The first-order valence-electron chi connectivity index (χ1n) is 7.12. The van der Waals surface area contributed by atoms with Crippen LogP contribution in [-0.2, 0) is 20.9 Å². The third kappa shape index (κ3) is 2.34. The maximum atomic E-state index is 13.8. The highest BCUT2D eigenvalue weighted by molar-refractivity contribution is 6.39. The molecule has 0 radical (unpaired) electrons. The molecular formula is C16H15ClFNO3. The number of halogens is 2. The van der Waals surface area contributed by atoms with Gasteiger partial charge in [0.2, 0.25) is 0 Å². The first-order chi connectivity index (χ1) is 10.5. The standard InChI is InChI=1S/C16H15ClFNO3/c1-22-8-9-6-14(12(17)7-13(9)18)19-15(20)10-4-2-3-5-11(10)16(19)21/h6-7H,2-5,8H2,1H3. The van der Waals surface area contributed by atoms with E-state index in [1.54, 1.807) is 0 Å². The van der Waals surface area contributed by atoms with E-state index < -0.39 is 5.82 Å². The van der Waals surface area contributed by atoms with Gasteiger partial charge >= 0.3 is 0 Å². The molecule has 1 aliphatic heterocycles. The van der Waals surface area contributed by atoms with Crippen molar-refractivity contribution >= 4 is 29.1 Å². The Balaban J connectivity index is 2.03. The molecule has 1 aromatic rings. The SMILES string of the molecule is COCc1cc(N2C(=O)C3=C(CCCC3)C2=O)c(Cl)cc1F. The summed E-state index contributed by atoms with van der Waals surface area (Å²) >= 11 is 6.06. The number of methoxy groups -OCH3 is 1. The largest absolute Gasteiger partial charge is 0.380 e.